The number of fused-ring (bicyclic) bond motifs is 4. The summed E-state index contributed by atoms with van der Waals surface area (Å²) in [5, 5.41) is 0. The maximum absolute atomic E-state index is 14.0. The Bertz CT molecular complexity index is 2570. The zero-order valence-electron chi connectivity index (χ0n) is 26.9. The Morgan fingerprint density at radius 1 is 0.633 bits per heavy atom. The second-order valence-corrected chi connectivity index (χ2v) is 11.8. The van der Waals surface area contributed by atoms with Gasteiger partial charge in [-0.05, 0) is 25.0 Å². The van der Waals surface area contributed by atoms with Gasteiger partial charge in [-0.1, -0.05) is 60.7 Å². The van der Waals surface area contributed by atoms with E-state index in [2.05, 4.69) is 19.9 Å². The Labute approximate surface area is 275 Å². The molecule has 0 fully saturated rings. The molecule has 0 aliphatic heterocycles. The summed E-state index contributed by atoms with van der Waals surface area (Å²) in [6.45, 7) is 3.82. The van der Waals surface area contributed by atoms with Gasteiger partial charge in [0, 0.05) is 27.2 Å². The number of nitrogens with zero attached hydrogens (tertiary/aromatic N) is 10. The fourth-order valence-electron chi connectivity index (χ4n) is 6.40. The topological polar surface area (TPSA) is 158 Å². The summed E-state index contributed by atoms with van der Waals surface area (Å²) in [6, 6.07) is 19.1. The number of aryl methyl sites for hydroxylation is 4. The van der Waals surface area contributed by atoms with E-state index in [1.807, 2.05) is 60.7 Å². The number of rotatable bonds is 6. The van der Waals surface area contributed by atoms with Crippen molar-refractivity contribution in [2.75, 3.05) is 0 Å². The number of ether oxygens (including phenoxy) is 1. The van der Waals surface area contributed by atoms with Crippen LogP contribution in [0.3, 0.4) is 0 Å². The van der Waals surface area contributed by atoms with Crippen LogP contribution in [-0.4, -0.2) is 58.9 Å². The Kier molecular flexibility index (Phi) is 6.66. The molecule has 49 heavy (non-hydrogen) atoms. The minimum atomic E-state index is -1.11. The van der Waals surface area contributed by atoms with Gasteiger partial charge in [0.1, 0.15) is 0 Å². The fraction of sp³-hybridized carbons (Fsp3) is 0.176. The summed E-state index contributed by atoms with van der Waals surface area (Å²) in [6.07, 6.45) is 3.12. The van der Waals surface area contributed by atoms with Crippen LogP contribution in [0.1, 0.15) is 43.5 Å². The van der Waals surface area contributed by atoms with Crippen molar-refractivity contribution in [1.29, 1.82) is 0 Å². The van der Waals surface area contributed by atoms with Crippen molar-refractivity contribution in [3.8, 4) is 0 Å². The molecular formula is C34H28N10O5. The van der Waals surface area contributed by atoms with Crippen molar-refractivity contribution < 1.29 is 14.3 Å². The average Bonchev–Trinajstić information content (AvgIpc) is 3.87. The molecule has 0 aliphatic carbocycles. The number of hydrogen-bond donors (Lipinski definition) is 0. The molecule has 244 valence electrons. The lowest BCUT2D eigenvalue weighted by atomic mass is 10.2. The largest absolute Gasteiger partial charge is 0.383 e. The minimum Gasteiger partial charge on any atom is -0.383 e. The van der Waals surface area contributed by atoms with Crippen LogP contribution in [-0.2, 0) is 31.9 Å². The first kappa shape index (κ1) is 29.7. The van der Waals surface area contributed by atoms with Gasteiger partial charge >= 0.3 is 11.9 Å². The first-order valence-electron chi connectivity index (χ1n) is 15.3. The second-order valence-electron chi connectivity index (χ2n) is 11.8. The third kappa shape index (κ3) is 4.50. The molecule has 0 radical (unpaired) electrons. The van der Waals surface area contributed by atoms with Crippen LogP contribution in [0.5, 0.6) is 0 Å². The molecule has 0 spiro atoms. The van der Waals surface area contributed by atoms with Gasteiger partial charge in [0.2, 0.25) is 11.6 Å². The summed E-state index contributed by atoms with van der Waals surface area (Å²) in [5.74, 6) is -1.93. The lowest BCUT2D eigenvalue weighted by Gasteiger charge is -2.09. The summed E-state index contributed by atoms with van der Waals surface area (Å²) in [7, 11) is 3.37. The highest BCUT2D eigenvalue weighted by atomic mass is 16.6. The van der Waals surface area contributed by atoms with Crippen molar-refractivity contribution >= 4 is 45.8 Å². The summed E-state index contributed by atoms with van der Waals surface area (Å²) in [4.78, 5) is 73.4. The molecule has 0 N–H and O–H groups in total. The average molecular weight is 657 g/mol. The van der Waals surface area contributed by atoms with Crippen LogP contribution in [0.25, 0.3) is 33.9 Å². The molecule has 2 aromatic carbocycles. The van der Waals surface area contributed by atoms with E-state index in [-0.39, 0.29) is 45.4 Å². The Balaban J connectivity index is 1.21. The third-order valence-electron chi connectivity index (χ3n) is 8.72. The van der Waals surface area contributed by atoms with Crippen molar-refractivity contribution in [1.82, 2.24) is 47.0 Å². The summed E-state index contributed by atoms with van der Waals surface area (Å²) in [5.41, 5.74) is 1.95. The predicted molar refractivity (Wildman–Crippen MR) is 178 cm³/mol. The number of benzene rings is 2. The smallest absolute Gasteiger partial charge is 0.365 e. The van der Waals surface area contributed by atoms with Crippen LogP contribution < -0.4 is 11.1 Å². The van der Waals surface area contributed by atoms with Gasteiger partial charge in [-0.2, -0.15) is 0 Å². The molecule has 0 atom stereocenters. The number of imidazole rings is 4. The van der Waals surface area contributed by atoms with Crippen LogP contribution in [0.4, 0.5) is 0 Å². The quantitative estimate of drug-likeness (QED) is 0.194. The highest BCUT2D eigenvalue weighted by Gasteiger charge is 2.30. The standard InChI is InChI=1S/C34H28N10O5/c1-19-23(43-29(45)25-27(39(3)33(43)37-19)35-17-41(25)15-21-11-7-5-8-12-21)31(47)49-32(48)24-20(2)38-34-40(4)28-26(30(46)44(24)34)42(18-36-28)16-22-13-9-6-10-14-22/h5-14,17-18H,15-16H2,1-4H3. The van der Waals surface area contributed by atoms with Gasteiger partial charge in [0.05, 0.1) is 24.0 Å². The van der Waals surface area contributed by atoms with Crippen LogP contribution in [0, 0.1) is 13.8 Å². The molecule has 0 amide bonds. The molecule has 15 heteroatoms. The molecule has 8 aromatic rings. The second kappa shape index (κ2) is 11.0. The monoisotopic (exact) mass is 656 g/mol. The summed E-state index contributed by atoms with van der Waals surface area (Å²) >= 11 is 0. The van der Waals surface area contributed by atoms with Gasteiger partial charge < -0.3 is 13.9 Å². The first-order chi connectivity index (χ1) is 23.6. The molecule has 15 nitrogen and oxygen atoms in total. The van der Waals surface area contributed by atoms with Gasteiger partial charge in [-0.25, -0.2) is 38.3 Å². The Hall–Kier alpha value is -6.64. The molecule has 0 unspecified atom stereocenters. The number of esters is 2. The molecule has 8 rings (SSSR count). The zero-order valence-corrected chi connectivity index (χ0v) is 26.9. The molecular weight excluding hydrogens is 628 g/mol. The van der Waals surface area contributed by atoms with E-state index in [9.17, 15) is 19.2 Å². The molecule has 0 saturated carbocycles. The van der Waals surface area contributed by atoms with Gasteiger partial charge in [0.15, 0.2) is 33.7 Å². The van der Waals surface area contributed by atoms with E-state index < -0.39 is 23.1 Å². The van der Waals surface area contributed by atoms with E-state index in [4.69, 9.17) is 4.74 Å². The highest BCUT2D eigenvalue weighted by Crippen LogP contribution is 2.20. The van der Waals surface area contributed by atoms with Gasteiger partial charge in [-0.15, -0.1) is 0 Å². The van der Waals surface area contributed by atoms with Gasteiger partial charge in [-0.3, -0.25) is 18.7 Å². The van der Waals surface area contributed by atoms with Crippen LogP contribution in [0.2, 0.25) is 0 Å². The van der Waals surface area contributed by atoms with Crippen LogP contribution >= 0.6 is 0 Å². The van der Waals surface area contributed by atoms with Crippen LogP contribution in [0.15, 0.2) is 82.9 Å². The van der Waals surface area contributed by atoms with E-state index in [0.717, 1.165) is 19.9 Å². The van der Waals surface area contributed by atoms with Gasteiger partial charge in [0.25, 0.3) is 11.1 Å². The Morgan fingerprint density at radius 3 is 1.41 bits per heavy atom. The normalized spacial score (nSPS) is 11.8. The first-order valence-corrected chi connectivity index (χ1v) is 15.3. The van der Waals surface area contributed by atoms with E-state index in [1.54, 1.807) is 58.9 Å². The maximum Gasteiger partial charge on any atom is 0.365 e. The van der Waals surface area contributed by atoms with E-state index in [0.29, 0.717) is 24.4 Å². The lowest BCUT2D eigenvalue weighted by molar-refractivity contribution is 0.0386. The molecule has 6 aromatic heterocycles. The van der Waals surface area contributed by atoms with Crippen molar-refractivity contribution in [3.63, 3.8) is 0 Å². The third-order valence-corrected chi connectivity index (χ3v) is 8.72. The SMILES string of the molecule is Cc1nc2n(C)c3ncn(Cc4ccccc4)c3c(=O)n2c1C(=O)OC(=O)c1c(C)nc2n(C)c3ncn(Cc4ccccc4)c3c(=O)n12. The molecule has 6 heterocycles. The lowest BCUT2D eigenvalue weighted by Crippen LogP contribution is -2.27. The Morgan fingerprint density at radius 2 is 1.02 bits per heavy atom. The minimum absolute atomic E-state index is 0.147. The van der Waals surface area contributed by atoms with Crippen molar-refractivity contribution in [2.24, 2.45) is 14.1 Å². The number of carbonyl (C=O) groups excluding carboxylic acids is 2. The number of aromatic nitrogens is 10. The molecule has 0 bridgehead atoms. The van der Waals surface area contributed by atoms with E-state index in [1.165, 1.54) is 0 Å². The highest BCUT2D eigenvalue weighted by molar-refractivity contribution is 6.03. The number of hydrogen-bond acceptors (Lipinski definition) is 9. The summed E-state index contributed by atoms with van der Waals surface area (Å²) < 4.78 is 14.3. The molecule has 0 saturated heterocycles. The zero-order chi connectivity index (χ0) is 34.1. The van der Waals surface area contributed by atoms with Crippen molar-refractivity contribution in [3.05, 3.63) is 128 Å². The van der Waals surface area contributed by atoms with Crippen molar-refractivity contribution in [2.45, 2.75) is 26.9 Å². The maximum atomic E-state index is 14.0. The fourth-order valence-corrected chi connectivity index (χ4v) is 6.40. The number of carbonyl (C=O) groups is 2. The van der Waals surface area contributed by atoms with E-state index >= 15 is 0 Å². The molecule has 0 aliphatic rings. The predicted octanol–water partition coefficient (Wildman–Crippen LogP) is 2.79.